The second kappa shape index (κ2) is 17.1. The minimum atomic E-state index is -0.191. The number of benzene rings is 2. The summed E-state index contributed by atoms with van der Waals surface area (Å²) in [6.07, 6.45) is 7.07. The number of hydrogen-bond acceptors (Lipinski definition) is 11. The van der Waals surface area contributed by atoms with Crippen LogP contribution in [0.25, 0.3) is 21.8 Å². The number of hydrogen-bond donors (Lipinski definition) is 6. The van der Waals surface area contributed by atoms with Crippen molar-refractivity contribution in [3.8, 4) is 0 Å². The fourth-order valence-corrected chi connectivity index (χ4v) is 5.67. The number of fused-ring (bicyclic) bond motifs is 2. The van der Waals surface area contributed by atoms with Gasteiger partial charge in [-0.3, -0.25) is 14.5 Å². The van der Waals surface area contributed by atoms with Crippen molar-refractivity contribution in [1.82, 2.24) is 45.4 Å². The average molecular weight is 653 g/mol. The highest BCUT2D eigenvalue weighted by molar-refractivity contribution is 6.14. The van der Waals surface area contributed by atoms with Crippen molar-refractivity contribution in [2.75, 3.05) is 56.9 Å². The first kappa shape index (κ1) is 34.1. The maximum absolute atomic E-state index is 13.5. The van der Waals surface area contributed by atoms with Crippen LogP contribution < -0.4 is 27.4 Å². The van der Waals surface area contributed by atoms with E-state index in [0.29, 0.717) is 56.2 Å². The molecule has 14 nitrogen and oxygen atoms in total. The van der Waals surface area contributed by atoms with Crippen molar-refractivity contribution in [1.29, 1.82) is 0 Å². The summed E-state index contributed by atoms with van der Waals surface area (Å²) in [4.78, 5) is 52.2. The molecule has 8 N–H and O–H groups in total. The van der Waals surface area contributed by atoms with Gasteiger partial charge >= 0.3 is 0 Å². The zero-order valence-corrected chi connectivity index (χ0v) is 27.3. The first-order valence-corrected chi connectivity index (χ1v) is 16.4. The molecule has 48 heavy (non-hydrogen) atoms. The van der Waals surface area contributed by atoms with Gasteiger partial charge in [0.15, 0.2) is 0 Å². The Kier molecular flexibility index (Phi) is 12.2. The number of aryl methyl sites for hydroxylation is 2. The van der Waals surface area contributed by atoms with E-state index in [9.17, 15) is 9.59 Å². The molecule has 5 aromatic rings. The third-order valence-electron chi connectivity index (χ3n) is 7.96. The fourth-order valence-electron chi connectivity index (χ4n) is 5.67. The lowest BCUT2D eigenvalue weighted by Gasteiger charge is -2.22. The van der Waals surface area contributed by atoms with Gasteiger partial charge in [-0.05, 0) is 31.9 Å². The monoisotopic (exact) mass is 652 g/mol. The SMILES string of the molecule is Cc1nc(N)nc(CCCCCNc2c3ccccc3nc3c(C(=O)NCCN(CCN)CCNC(=O)Cc4cnc[nH]4)cccc23)n1. The number of nitrogens with zero attached hydrogens (tertiary/aromatic N) is 6. The van der Waals surface area contributed by atoms with Crippen LogP contribution in [0.2, 0.25) is 0 Å². The van der Waals surface area contributed by atoms with Crippen LogP contribution in [0.1, 0.15) is 47.0 Å². The molecular weight excluding hydrogens is 608 g/mol. The van der Waals surface area contributed by atoms with Gasteiger partial charge in [0.2, 0.25) is 11.9 Å². The topological polar surface area (TPSA) is 206 Å². The molecule has 0 atom stereocenters. The van der Waals surface area contributed by atoms with Gasteiger partial charge in [-0.25, -0.2) is 15.0 Å². The number of pyridine rings is 1. The number of H-pyrrole nitrogens is 1. The minimum Gasteiger partial charge on any atom is -0.384 e. The molecule has 2 amide bonds. The number of rotatable bonds is 18. The van der Waals surface area contributed by atoms with Crippen molar-refractivity contribution in [3.63, 3.8) is 0 Å². The molecule has 0 saturated heterocycles. The normalized spacial score (nSPS) is 11.3. The maximum Gasteiger partial charge on any atom is 0.253 e. The Morgan fingerprint density at radius 1 is 0.875 bits per heavy atom. The van der Waals surface area contributed by atoms with E-state index in [0.717, 1.165) is 65.7 Å². The van der Waals surface area contributed by atoms with E-state index in [1.807, 2.05) is 43.3 Å². The molecule has 0 aliphatic rings. The number of amides is 2. The molecule has 3 aromatic heterocycles. The Bertz CT molecular complexity index is 1790. The van der Waals surface area contributed by atoms with Gasteiger partial charge in [-0.15, -0.1) is 0 Å². The third kappa shape index (κ3) is 9.42. The predicted molar refractivity (Wildman–Crippen MR) is 187 cm³/mol. The molecular formula is C34H44N12O2. The summed E-state index contributed by atoms with van der Waals surface area (Å²) in [6, 6.07) is 13.7. The number of imidazole rings is 1. The zero-order valence-electron chi connectivity index (χ0n) is 27.3. The molecule has 252 valence electrons. The smallest absolute Gasteiger partial charge is 0.253 e. The maximum atomic E-state index is 13.5. The summed E-state index contributed by atoms with van der Waals surface area (Å²) < 4.78 is 0. The Morgan fingerprint density at radius 3 is 2.48 bits per heavy atom. The number of nitrogen functional groups attached to an aromatic ring is 1. The number of nitrogens with one attached hydrogen (secondary N) is 4. The highest BCUT2D eigenvalue weighted by atomic mass is 16.2. The average Bonchev–Trinajstić information content (AvgIpc) is 3.58. The van der Waals surface area contributed by atoms with E-state index < -0.39 is 0 Å². The van der Waals surface area contributed by atoms with Gasteiger partial charge in [0, 0.05) is 74.9 Å². The number of unbranched alkanes of at least 4 members (excludes halogenated alkanes) is 2. The van der Waals surface area contributed by atoms with Crippen LogP contribution in [-0.4, -0.2) is 92.4 Å². The highest BCUT2D eigenvalue weighted by Crippen LogP contribution is 2.32. The first-order chi connectivity index (χ1) is 23.4. The largest absolute Gasteiger partial charge is 0.384 e. The van der Waals surface area contributed by atoms with Crippen LogP contribution in [0, 0.1) is 6.92 Å². The van der Waals surface area contributed by atoms with Crippen molar-refractivity contribution in [2.45, 2.75) is 39.0 Å². The number of para-hydroxylation sites is 2. The van der Waals surface area contributed by atoms with E-state index in [4.69, 9.17) is 16.5 Å². The molecule has 0 unspecified atom stereocenters. The Hall–Kier alpha value is -5.21. The Balaban J connectivity index is 1.17. The van der Waals surface area contributed by atoms with E-state index >= 15 is 0 Å². The van der Waals surface area contributed by atoms with E-state index in [1.165, 1.54) is 0 Å². The summed E-state index contributed by atoms with van der Waals surface area (Å²) in [6.45, 7) is 5.81. The van der Waals surface area contributed by atoms with Crippen LogP contribution in [0.15, 0.2) is 55.0 Å². The Morgan fingerprint density at radius 2 is 1.69 bits per heavy atom. The van der Waals surface area contributed by atoms with Crippen LogP contribution in [0.4, 0.5) is 11.6 Å². The number of aromatic nitrogens is 6. The standard InChI is InChI=1S/C34H44N12O2/c1-23-42-29(45-34(36)43-23)12-3-2-6-14-39-31-25-8-4-5-11-28(25)44-32-26(31)9-7-10-27(32)33(48)40-16-19-46(17-13-35)18-15-38-30(47)20-24-21-37-22-41-24/h4-5,7-11,21-22H,2-3,6,12-20,35H2,1H3,(H,37,41)(H,38,47)(H,39,44)(H,40,48)(H2,36,42,43,45). The zero-order chi connectivity index (χ0) is 33.7. The second-order valence-electron chi connectivity index (χ2n) is 11.6. The van der Waals surface area contributed by atoms with Gasteiger partial charge < -0.3 is 32.4 Å². The van der Waals surface area contributed by atoms with Gasteiger partial charge in [-0.1, -0.05) is 36.8 Å². The molecule has 0 spiro atoms. The number of carbonyl (C=O) groups excluding carboxylic acids is 2. The quantitative estimate of drug-likeness (QED) is 0.0598. The summed E-state index contributed by atoms with van der Waals surface area (Å²) in [5, 5.41) is 11.5. The van der Waals surface area contributed by atoms with Gasteiger partial charge in [-0.2, -0.15) is 9.97 Å². The first-order valence-electron chi connectivity index (χ1n) is 16.4. The van der Waals surface area contributed by atoms with Crippen LogP contribution in [0.3, 0.4) is 0 Å². The molecule has 2 aromatic carbocycles. The minimum absolute atomic E-state index is 0.0812. The van der Waals surface area contributed by atoms with Crippen molar-refractivity contribution in [2.24, 2.45) is 5.73 Å². The van der Waals surface area contributed by atoms with E-state index in [-0.39, 0.29) is 24.2 Å². The number of nitrogens with two attached hydrogens (primary N) is 2. The number of aromatic amines is 1. The van der Waals surface area contributed by atoms with Crippen LogP contribution >= 0.6 is 0 Å². The summed E-state index contributed by atoms with van der Waals surface area (Å²) >= 11 is 0. The molecule has 0 fully saturated rings. The lowest BCUT2D eigenvalue weighted by molar-refractivity contribution is -0.120. The van der Waals surface area contributed by atoms with Gasteiger partial charge in [0.1, 0.15) is 11.6 Å². The molecule has 3 heterocycles. The summed E-state index contributed by atoms with van der Waals surface area (Å²) in [7, 11) is 0. The van der Waals surface area contributed by atoms with E-state index in [1.54, 1.807) is 12.5 Å². The number of carbonyl (C=O) groups is 2. The van der Waals surface area contributed by atoms with Gasteiger partial charge in [0.25, 0.3) is 5.91 Å². The molecule has 14 heteroatoms. The number of anilines is 2. The lowest BCUT2D eigenvalue weighted by Crippen LogP contribution is -2.41. The van der Waals surface area contributed by atoms with E-state index in [2.05, 4.69) is 51.8 Å². The van der Waals surface area contributed by atoms with Gasteiger partial charge in [0.05, 0.1) is 35.0 Å². The predicted octanol–water partition coefficient (Wildman–Crippen LogP) is 2.36. The molecule has 0 saturated carbocycles. The fraction of sp³-hybridized carbons (Fsp3) is 0.382. The molecule has 0 radical (unpaired) electrons. The molecule has 0 bridgehead atoms. The van der Waals surface area contributed by atoms with Crippen molar-refractivity contribution >= 4 is 45.3 Å². The van der Waals surface area contributed by atoms with Crippen LogP contribution in [0.5, 0.6) is 0 Å². The lowest BCUT2D eigenvalue weighted by atomic mass is 10.0. The Labute approximate surface area is 279 Å². The van der Waals surface area contributed by atoms with Crippen molar-refractivity contribution < 1.29 is 9.59 Å². The summed E-state index contributed by atoms with van der Waals surface area (Å²) in [5.74, 6) is 1.35. The summed E-state index contributed by atoms with van der Waals surface area (Å²) in [5.41, 5.74) is 15.3. The molecule has 0 aliphatic carbocycles. The van der Waals surface area contributed by atoms with Crippen molar-refractivity contribution in [3.05, 3.63) is 77.9 Å². The molecule has 5 rings (SSSR count). The third-order valence-corrected chi connectivity index (χ3v) is 7.96. The van der Waals surface area contributed by atoms with Crippen LogP contribution in [-0.2, 0) is 17.6 Å². The second-order valence-corrected chi connectivity index (χ2v) is 11.6. The highest BCUT2D eigenvalue weighted by Gasteiger charge is 2.16. The molecule has 0 aliphatic heterocycles.